The Bertz CT molecular complexity index is 343. The number of nitrogens with one attached hydrogen (secondary N) is 1. The number of nitrogens with zero attached hydrogens (tertiary/aromatic N) is 1. The van der Waals surface area contributed by atoms with Crippen LogP contribution in [0, 0.1) is 0 Å². The summed E-state index contributed by atoms with van der Waals surface area (Å²) in [6, 6.07) is -0.0170. The van der Waals surface area contributed by atoms with Crippen molar-refractivity contribution in [2.45, 2.75) is 31.4 Å². The third-order valence-electron chi connectivity index (χ3n) is 2.83. The fraction of sp³-hybridized carbons (Fsp3) is 0.818. The van der Waals surface area contributed by atoms with Gasteiger partial charge in [0.1, 0.15) is 0 Å². The molecule has 2 atom stereocenters. The first-order valence-corrected chi connectivity index (χ1v) is 7.78. The molecule has 100 valence electrons. The number of rotatable bonds is 7. The van der Waals surface area contributed by atoms with Crippen molar-refractivity contribution in [3.05, 3.63) is 12.7 Å². The second-order valence-electron chi connectivity index (χ2n) is 4.66. The summed E-state index contributed by atoms with van der Waals surface area (Å²) in [5.41, 5.74) is 0. The van der Waals surface area contributed by atoms with Gasteiger partial charge >= 0.3 is 0 Å². The maximum absolute atomic E-state index is 11.1. The van der Waals surface area contributed by atoms with E-state index in [2.05, 4.69) is 16.2 Å². The van der Waals surface area contributed by atoms with Gasteiger partial charge in [-0.2, -0.15) is 0 Å². The number of hydrogen-bond donors (Lipinski definition) is 2. The summed E-state index contributed by atoms with van der Waals surface area (Å²) in [4.78, 5) is 2.09. The van der Waals surface area contributed by atoms with Gasteiger partial charge in [-0.25, -0.2) is 13.1 Å². The van der Waals surface area contributed by atoms with E-state index in [9.17, 15) is 13.5 Å². The van der Waals surface area contributed by atoms with Crippen molar-refractivity contribution in [1.29, 1.82) is 0 Å². The van der Waals surface area contributed by atoms with E-state index in [1.54, 1.807) is 6.08 Å². The van der Waals surface area contributed by atoms with Gasteiger partial charge in [0, 0.05) is 19.1 Å². The smallest absolute Gasteiger partial charge is 0.208 e. The van der Waals surface area contributed by atoms with E-state index in [1.165, 1.54) is 6.26 Å². The zero-order valence-electron chi connectivity index (χ0n) is 10.3. The lowest BCUT2D eigenvalue weighted by atomic mass is 10.2. The van der Waals surface area contributed by atoms with Gasteiger partial charge in [0.2, 0.25) is 10.0 Å². The maximum Gasteiger partial charge on any atom is 0.208 e. The zero-order chi connectivity index (χ0) is 12.9. The summed E-state index contributed by atoms with van der Waals surface area (Å²) in [6.07, 6.45) is 4.94. The van der Waals surface area contributed by atoms with Crippen molar-refractivity contribution < 1.29 is 13.5 Å². The van der Waals surface area contributed by atoms with Crippen LogP contribution in [0.25, 0.3) is 0 Å². The van der Waals surface area contributed by atoms with Gasteiger partial charge < -0.3 is 5.11 Å². The molecule has 1 fully saturated rings. The first-order chi connectivity index (χ1) is 7.90. The number of hydrogen-bond acceptors (Lipinski definition) is 4. The summed E-state index contributed by atoms with van der Waals surface area (Å²) in [7, 11) is -3.13. The molecule has 0 bridgehead atoms. The van der Waals surface area contributed by atoms with E-state index in [-0.39, 0.29) is 12.1 Å². The van der Waals surface area contributed by atoms with E-state index in [0.717, 1.165) is 19.4 Å². The molecule has 0 saturated carbocycles. The molecule has 2 N–H and O–H groups in total. The van der Waals surface area contributed by atoms with Crippen LogP contribution < -0.4 is 4.72 Å². The number of sulfonamides is 1. The van der Waals surface area contributed by atoms with Crippen molar-refractivity contribution in [2.24, 2.45) is 0 Å². The van der Waals surface area contributed by atoms with Crippen LogP contribution in [-0.2, 0) is 10.0 Å². The van der Waals surface area contributed by atoms with Crippen molar-refractivity contribution in [3.8, 4) is 0 Å². The number of likely N-dealkylation sites (tertiary alicyclic amines) is 1. The fourth-order valence-corrected chi connectivity index (χ4v) is 2.89. The lowest BCUT2D eigenvalue weighted by Gasteiger charge is -2.19. The number of β-amino-alcohol motifs (C(OH)–C–C–N with tert-alkyl or cyclic N) is 1. The topological polar surface area (TPSA) is 69.6 Å². The van der Waals surface area contributed by atoms with E-state index in [4.69, 9.17) is 0 Å². The monoisotopic (exact) mass is 262 g/mol. The number of aliphatic hydroxyl groups excluding tert-OH is 1. The van der Waals surface area contributed by atoms with Gasteiger partial charge in [-0.05, 0) is 25.8 Å². The maximum atomic E-state index is 11.1. The van der Waals surface area contributed by atoms with E-state index < -0.39 is 10.0 Å². The fourth-order valence-electron chi connectivity index (χ4n) is 2.10. The third kappa shape index (κ3) is 6.16. The van der Waals surface area contributed by atoms with Gasteiger partial charge in [-0.3, -0.25) is 4.90 Å². The molecule has 1 heterocycles. The molecule has 0 aromatic rings. The van der Waals surface area contributed by atoms with Crippen LogP contribution in [0.4, 0.5) is 0 Å². The molecule has 5 nitrogen and oxygen atoms in total. The minimum absolute atomic E-state index is 0.0170. The lowest BCUT2D eigenvalue weighted by molar-refractivity contribution is 0.117. The first-order valence-electron chi connectivity index (χ1n) is 5.89. The molecule has 1 rings (SSSR count). The molecular formula is C11H22N2O3S. The normalized spacial score (nSPS) is 23.8. The van der Waals surface area contributed by atoms with Crippen LogP contribution in [0.3, 0.4) is 0 Å². The molecule has 6 heteroatoms. The van der Waals surface area contributed by atoms with Gasteiger partial charge in [-0.15, -0.1) is 6.58 Å². The molecule has 1 saturated heterocycles. The highest BCUT2D eigenvalue weighted by Gasteiger charge is 2.25. The Labute approximate surface area is 104 Å². The first kappa shape index (κ1) is 14.6. The average Bonchev–Trinajstić information content (AvgIpc) is 2.59. The van der Waals surface area contributed by atoms with Crippen LogP contribution in [0.1, 0.15) is 19.3 Å². The van der Waals surface area contributed by atoms with Gasteiger partial charge in [0.15, 0.2) is 0 Å². The number of aliphatic hydroxyl groups is 1. The largest absolute Gasteiger partial charge is 0.392 e. The van der Waals surface area contributed by atoms with Crippen LogP contribution in [0.5, 0.6) is 0 Å². The summed E-state index contributed by atoms with van der Waals surface area (Å²) >= 11 is 0. The van der Waals surface area contributed by atoms with E-state index in [1.807, 2.05) is 0 Å². The Hall–Kier alpha value is -0.430. The summed E-state index contributed by atoms with van der Waals surface area (Å²) < 4.78 is 24.7. The SMILES string of the molecule is C=CCCC(O)CN1CCC(NS(C)(=O)=O)C1. The van der Waals surface area contributed by atoms with Crippen molar-refractivity contribution in [2.75, 3.05) is 25.9 Å². The molecule has 0 aromatic carbocycles. The minimum Gasteiger partial charge on any atom is -0.392 e. The Kier molecular flexibility index (Phi) is 5.58. The van der Waals surface area contributed by atoms with Crippen molar-refractivity contribution >= 4 is 10.0 Å². The van der Waals surface area contributed by atoms with Crippen LogP contribution in [0.15, 0.2) is 12.7 Å². The van der Waals surface area contributed by atoms with Crippen molar-refractivity contribution in [3.63, 3.8) is 0 Å². The van der Waals surface area contributed by atoms with E-state index >= 15 is 0 Å². The number of allylic oxidation sites excluding steroid dienone is 1. The zero-order valence-corrected chi connectivity index (χ0v) is 11.1. The molecular weight excluding hydrogens is 240 g/mol. The summed E-state index contributed by atoms with van der Waals surface area (Å²) in [5, 5.41) is 9.73. The van der Waals surface area contributed by atoms with Crippen LogP contribution >= 0.6 is 0 Å². The highest BCUT2D eigenvalue weighted by Crippen LogP contribution is 2.11. The molecule has 2 unspecified atom stereocenters. The van der Waals surface area contributed by atoms with Crippen molar-refractivity contribution in [1.82, 2.24) is 9.62 Å². The molecule has 0 aromatic heterocycles. The summed E-state index contributed by atoms with van der Waals surface area (Å²) in [6.45, 7) is 5.73. The van der Waals surface area contributed by atoms with Gasteiger partial charge in [0.05, 0.1) is 12.4 Å². The standard InChI is InChI=1S/C11H22N2O3S/c1-3-4-5-11(14)9-13-7-6-10(8-13)12-17(2,15)16/h3,10-12,14H,1,4-9H2,2H3. The molecule has 1 aliphatic rings. The van der Waals surface area contributed by atoms with Crippen LogP contribution in [0.2, 0.25) is 0 Å². The Morgan fingerprint density at radius 1 is 1.65 bits per heavy atom. The Morgan fingerprint density at radius 2 is 2.35 bits per heavy atom. The highest BCUT2D eigenvalue weighted by atomic mass is 32.2. The second-order valence-corrected chi connectivity index (χ2v) is 6.44. The predicted octanol–water partition coefficient (Wildman–Crippen LogP) is -0.0630. The molecule has 0 aliphatic carbocycles. The summed E-state index contributed by atoms with van der Waals surface area (Å²) in [5.74, 6) is 0. The molecule has 0 radical (unpaired) electrons. The van der Waals surface area contributed by atoms with Gasteiger partial charge in [0.25, 0.3) is 0 Å². The second kappa shape index (κ2) is 6.49. The third-order valence-corrected chi connectivity index (χ3v) is 3.59. The highest BCUT2D eigenvalue weighted by molar-refractivity contribution is 7.88. The Balaban J connectivity index is 2.28. The molecule has 17 heavy (non-hydrogen) atoms. The molecule has 0 spiro atoms. The van der Waals surface area contributed by atoms with Crippen LogP contribution in [-0.4, -0.2) is 56.5 Å². The predicted molar refractivity (Wildman–Crippen MR) is 68.3 cm³/mol. The quantitative estimate of drug-likeness (QED) is 0.631. The molecule has 0 amide bonds. The van der Waals surface area contributed by atoms with E-state index in [0.29, 0.717) is 19.5 Å². The van der Waals surface area contributed by atoms with Gasteiger partial charge in [-0.1, -0.05) is 6.08 Å². The average molecular weight is 262 g/mol. The molecule has 1 aliphatic heterocycles. The minimum atomic E-state index is -3.13. The Morgan fingerprint density at radius 3 is 2.94 bits per heavy atom. The lowest BCUT2D eigenvalue weighted by Crippen LogP contribution is -2.38.